The molecule has 4 nitrogen and oxygen atoms in total. The van der Waals surface area contributed by atoms with E-state index in [1.165, 1.54) is 50.5 Å². The van der Waals surface area contributed by atoms with Crippen LogP contribution in [-0.2, 0) is 5.41 Å². The van der Waals surface area contributed by atoms with E-state index in [2.05, 4.69) is 32.7 Å². The molecule has 0 aliphatic heterocycles. The van der Waals surface area contributed by atoms with Crippen LogP contribution in [0.2, 0.25) is 0 Å². The molecule has 0 unspecified atom stereocenters. The summed E-state index contributed by atoms with van der Waals surface area (Å²) >= 11 is 0. The van der Waals surface area contributed by atoms with Crippen LogP contribution in [0, 0.1) is 0 Å². The van der Waals surface area contributed by atoms with Crippen molar-refractivity contribution in [2.24, 2.45) is 4.99 Å². The van der Waals surface area contributed by atoms with Crippen molar-refractivity contribution < 1.29 is 14.3 Å². The summed E-state index contributed by atoms with van der Waals surface area (Å²) in [6.07, 6.45) is 12.2. The van der Waals surface area contributed by atoms with Crippen molar-refractivity contribution in [2.45, 2.75) is 84.5 Å². The minimum atomic E-state index is -0.383. The maximum Gasteiger partial charge on any atom is 0.343 e. The third kappa shape index (κ3) is 10.2. The van der Waals surface area contributed by atoms with Crippen LogP contribution in [0.4, 0.5) is 5.69 Å². The second kappa shape index (κ2) is 15.1. The summed E-state index contributed by atoms with van der Waals surface area (Å²) in [6, 6.07) is 22.8. The monoisotopic (exact) mass is 513 g/mol. The normalized spacial score (nSPS) is 11.6. The van der Waals surface area contributed by atoms with E-state index in [0.29, 0.717) is 11.3 Å². The lowest BCUT2D eigenvalue weighted by Crippen LogP contribution is -2.11. The number of carbonyl (C=O) groups excluding carboxylic acids is 1. The molecule has 0 bridgehead atoms. The quantitative estimate of drug-likeness (QED) is 0.0933. The van der Waals surface area contributed by atoms with Gasteiger partial charge in [0, 0.05) is 6.21 Å². The Morgan fingerprint density at radius 2 is 1.32 bits per heavy atom. The highest BCUT2D eigenvalue weighted by atomic mass is 16.5. The Hall–Kier alpha value is -3.40. The molecule has 3 aromatic rings. The average molecular weight is 514 g/mol. The molecule has 202 valence electrons. The highest BCUT2D eigenvalue weighted by Gasteiger charge is 2.14. The first-order valence-corrected chi connectivity index (χ1v) is 14.0. The largest absolute Gasteiger partial charge is 0.494 e. The number of nitrogens with zero attached hydrogens (tertiary/aromatic N) is 1. The first kappa shape index (κ1) is 29.2. The molecule has 0 spiro atoms. The number of aliphatic imine (C=N–C) groups is 1. The zero-order valence-corrected chi connectivity index (χ0v) is 23.5. The van der Waals surface area contributed by atoms with Gasteiger partial charge in [-0.1, -0.05) is 84.8 Å². The Labute approximate surface area is 229 Å². The average Bonchev–Trinajstić information content (AvgIpc) is 2.92. The topological polar surface area (TPSA) is 47.9 Å². The second-order valence-electron chi connectivity index (χ2n) is 10.9. The third-order valence-electron chi connectivity index (χ3n) is 6.54. The van der Waals surface area contributed by atoms with E-state index in [1.807, 2.05) is 66.9 Å². The molecule has 0 aromatic heterocycles. The number of unbranched alkanes of at least 4 members (excludes halogenated alkanes) is 7. The van der Waals surface area contributed by atoms with Crippen LogP contribution in [-0.4, -0.2) is 18.8 Å². The molecule has 0 saturated carbocycles. The van der Waals surface area contributed by atoms with E-state index in [1.54, 1.807) is 12.1 Å². The van der Waals surface area contributed by atoms with Crippen LogP contribution < -0.4 is 9.47 Å². The summed E-state index contributed by atoms with van der Waals surface area (Å²) in [7, 11) is 0. The van der Waals surface area contributed by atoms with Gasteiger partial charge in [0.25, 0.3) is 0 Å². The number of benzene rings is 3. The summed E-state index contributed by atoms with van der Waals surface area (Å²) in [5.74, 6) is 1.04. The van der Waals surface area contributed by atoms with Gasteiger partial charge in [-0.25, -0.2) is 4.79 Å². The van der Waals surface area contributed by atoms with E-state index in [-0.39, 0.29) is 11.4 Å². The Bertz CT molecular complexity index is 1120. The molecule has 4 heteroatoms. The van der Waals surface area contributed by atoms with Crippen molar-refractivity contribution >= 4 is 17.9 Å². The SMILES string of the molecule is CCCCCCCCCCOc1ccc(C=Nc2ccc(C(=O)Oc3ccc(C(C)(C)C)cc3)cc2)cc1. The van der Waals surface area contributed by atoms with Gasteiger partial charge in [0.15, 0.2) is 0 Å². The lowest BCUT2D eigenvalue weighted by atomic mass is 9.87. The molecule has 0 aliphatic rings. The summed E-state index contributed by atoms with van der Waals surface area (Å²) in [5, 5.41) is 0. The minimum absolute atomic E-state index is 0.0569. The highest BCUT2D eigenvalue weighted by Crippen LogP contribution is 2.25. The number of carbonyl (C=O) groups is 1. The zero-order chi connectivity index (χ0) is 27.2. The third-order valence-corrected chi connectivity index (χ3v) is 6.54. The van der Waals surface area contributed by atoms with Crippen molar-refractivity contribution in [3.63, 3.8) is 0 Å². The zero-order valence-electron chi connectivity index (χ0n) is 23.5. The van der Waals surface area contributed by atoms with Gasteiger partial charge in [-0.2, -0.15) is 0 Å². The first-order chi connectivity index (χ1) is 18.3. The van der Waals surface area contributed by atoms with Crippen LogP contribution in [0.5, 0.6) is 11.5 Å². The molecule has 0 radical (unpaired) electrons. The summed E-state index contributed by atoms with van der Waals surface area (Å²) < 4.78 is 11.4. The molecular weight excluding hydrogens is 470 g/mol. The van der Waals surface area contributed by atoms with E-state index in [9.17, 15) is 4.79 Å². The predicted octanol–water partition coefficient (Wildman–Crippen LogP) is 9.47. The molecule has 0 atom stereocenters. The Morgan fingerprint density at radius 1 is 0.737 bits per heavy atom. The fraction of sp³-hybridized carbons (Fsp3) is 0.412. The molecule has 0 amide bonds. The van der Waals surface area contributed by atoms with Crippen LogP contribution in [0.15, 0.2) is 77.8 Å². The van der Waals surface area contributed by atoms with E-state index >= 15 is 0 Å². The Kier molecular flexibility index (Phi) is 11.6. The summed E-state index contributed by atoms with van der Waals surface area (Å²) in [5.41, 5.74) is 3.50. The van der Waals surface area contributed by atoms with E-state index < -0.39 is 0 Å². The van der Waals surface area contributed by atoms with Crippen LogP contribution in [0.25, 0.3) is 0 Å². The molecule has 0 saturated heterocycles. The van der Waals surface area contributed by atoms with Gasteiger partial charge in [-0.15, -0.1) is 0 Å². The predicted molar refractivity (Wildman–Crippen MR) is 158 cm³/mol. The van der Waals surface area contributed by atoms with Gasteiger partial charge in [-0.05, 0) is 83.6 Å². The van der Waals surface area contributed by atoms with Crippen LogP contribution >= 0.6 is 0 Å². The second-order valence-corrected chi connectivity index (χ2v) is 10.9. The van der Waals surface area contributed by atoms with E-state index in [0.717, 1.165) is 30.0 Å². The van der Waals surface area contributed by atoms with Gasteiger partial charge in [0.1, 0.15) is 11.5 Å². The number of ether oxygens (including phenoxy) is 2. The lowest BCUT2D eigenvalue weighted by Gasteiger charge is -2.19. The van der Waals surface area contributed by atoms with Crippen molar-refractivity contribution in [1.82, 2.24) is 0 Å². The molecular formula is C34H43NO3. The standard InChI is InChI=1S/C34H43NO3/c1-5-6-7-8-9-10-11-12-25-37-31-21-13-27(14-22-31)26-35-30-19-15-28(16-20-30)33(36)38-32-23-17-29(18-24-32)34(2,3)4/h13-24,26H,5-12,25H2,1-4H3. The molecule has 0 heterocycles. The molecule has 0 N–H and O–H groups in total. The fourth-order valence-electron chi connectivity index (χ4n) is 4.10. The summed E-state index contributed by atoms with van der Waals surface area (Å²) in [6.45, 7) is 9.48. The Balaban J connectivity index is 1.40. The van der Waals surface area contributed by atoms with Crippen LogP contribution in [0.1, 0.15) is 101 Å². The van der Waals surface area contributed by atoms with Crippen molar-refractivity contribution in [3.05, 3.63) is 89.5 Å². The maximum atomic E-state index is 12.5. The molecule has 38 heavy (non-hydrogen) atoms. The summed E-state index contributed by atoms with van der Waals surface area (Å²) in [4.78, 5) is 17.0. The van der Waals surface area contributed by atoms with Crippen molar-refractivity contribution in [1.29, 1.82) is 0 Å². The molecule has 0 fully saturated rings. The molecule has 0 aliphatic carbocycles. The van der Waals surface area contributed by atoms with Crippen molar-refractivity contribution in [3.8, 4) is 11.5 Å². The van der Waals surface area contributed by atoms with E-state index in [4.69, 9.17) is 9.47 Å². The van der Waals surface area contributed by atoms with Gasteiger partial charge in [0.05, 0.1) is 17.9 Å². The molecule has 3 aromatic carbocycles. The number of esters is 1. The van der Waals surface area contributed by atoms with Gasteiger partial charge >= 0.3 is 5.97 Å². The highest BCUT2D eigenvalue weighted by molar-refractivity contribution is 5.91. The Morgan fingerprint density at radius 3 is 1.92 bits per heavy atom. The fourth-order valence-corrected chi connectivity index (χ4v) is 4.10. The number of hydrogen-bond acceptors (Lipinski definition) is 4. The lowest BCUT2D eigenvalue weighted by molar-refractivity contribution is 0.0734. The smallest absolute Gasteiger partial charge is 0.343 e. The van der Waals surface area contributed by atoms with Gasteiger partial charge in [-0.3, -0.25) is 4.99 Å². The maximum absolute atomic E-state index is 12.5. The van der Waals surface area contributed by atoms with Gasteiger partial charge < -0.3 is 9.47 Å². The van der Waals surface area contributed by atoms with Crippen LogP contribution in [0.3, 0.4) is 0 Å². The number of hydrogen-bond donors (Lipinski definition) is 0. The van der Waals surface area contributed by atoms with Crippen molar-refractivity contribution in [2.75, 3.05) is 6.61 Å². The minimum Gasteiger partial charge on any atom is -0.494 e. The first-order valence-electron chi connectivity index (χ1n) is 14.0. The molecule has 3 rings (SSSR count). The van der Waals surface area contributed by atoms with Gasteiger partial charge in [0.2, 0.25) is 0 Å². The number of rotatable bonds is 14.